The highest BCUT2D eigenvalue weighted by Crippen LogP contribution is 2.41. The van der Waals surface area contributed by atoms with E-state index < -0.39 is 11.2 Å². The molecule has 114 valence electrons. The number of hydrogen-bond acceptors (Lipinski definition) is 4. The summed E-state index contributed by atoms with van der Waals surface area (Å²) in [4.78, 5) is 4.06. The number of alkyl halides is 3. The van der Waals surface area contributed by atoms with Gasteiger partial charge in [0.1, 0.15) is 0 Å². The van der Waals surface area contributed by atoms with Gasteiger partial charge in [0.25, 0.3) is 0 Å². The predicted molar refractivity (Wildman–Crippen MR) is 72.9 cm³/mol. The number of nitrogens with zero attached hydrogens (tertiary/aromatic N) is 1. The summed E-state index contributed by atoms with van der Waals surface area (Å²) in [5.74, 6) is 6.61. The van der Waals surface area contributed by atoms with Gasteiger partial charge in [0.2, 0.25) is 0 Å². The van der Waals surface area contributed by atoms with Gasteiger partial charge in [0.15, 0.2) is 5.01 Å². The standard InChI is InChI=1S/C13H20F3N3S/c1-2-8-3-5-9(6-4-8)11(19-17)10-7-18-12(20-10)13(14,15)16/h7-9,11,19H,2-6,17H2,1H3. The Morgan fingerprint density at radius 2 is 2.05 bits per heavy atom. The summed E-state index contributed by atoms with van der Waals surface area (Å²) in [6.45, 7) is 2.18. The Kier molecular flexibility index (Phi) is 5.04. The van der Waals surface area contributed by atoms with Crippen molar-refractivity contribution in [2.24, 2.45) is 17.7 Å². The van der Waals surface area contributed by atoms with Crippen molar-refractivity contribution in [1.82, 2.24) is 10.4 Å². The second-order valence-electron chi connectivity index (χ2n) is 5.40. The third kappa shape index (κ3) is 3.51. The summed E-state index contributed by atoms with van der Waals surface area (Å²) in [5, 5.41) is -0.796. The molecule has 7 heteroatoms. The lowest BCUT2D eigenvalue weighted by Crippen LogP contribution is -2.34. The molecule has 2 rings (SSSR count). The van der Waals surface area contributed by atoms with Crippen molar-refractivity contribution < 1.29 is 13.2 Å². The van der Waals surface area contributed by atoms with Crippen LogP contribution in [0.25, 0.3) is 0 Å². The van der Waals surface area contributed by atoms with Crippen LogP contribution in [-0.4, -0.2) is 4.98 Å². The minimum atomic E-state index is -4.37. The molecule has 0 spiro atoms. The highest BCUT2D eigenvalue weighted by Gasteiger charge is 2.36. The van der Waals surface area contributed by atoms with Crippen molar-refractivity contribution in [3.63, 3.8) is 0 Å². The normalized spacial score (nSPS) is 25.6. The minimum absolute atomic E-state index is 0.221. The molecule has 3 nitrogen and oxygen atoms in total. The zero-order valence-corrected chi connectivity index (χ0v) is 12.2. The molecule has 1 atom stereocenters. The van der Waals surface area contributed by atoms with Crippen molar-refractivity contribution in [1.29, 1.82) is 0 Å². The molecular weight excluding hydrogens is 287 g/mol. The van der Waals surface area contributed by atoms with Gasteiger partial charge in [-0.1, -0.05) is 26.2 Å². The quantitative estimate of drug-likeness (QED) is 0.655. The number of rotatable bonds is 4. The van der Waals surface area contributed by atoms with Crippen LogP contribution in [-0.2, 0) is 6.18 Å². The van der Waals surface area contributed by atoms with Gasteiger partial charge in [-0.05, 0) is 24.7 Å². The SMILES string of the molecule is CCC1CCC(C(NN)c2cnc(C(F)(F)F)s2)CC1. The number of thiazole rings is 1. The van der Waals surface area contributed by atoms with Gasteiger partial charge in [-0.15, -0.1) is 11.3 Å². The molecule has 0 aliphatic heterocycles. The van der Waals surface area contributed by atoms with Crippen LogP contribution in [0.5, 0.6) is 0 Å². The molecule has 1 unspecified atom stereocenters. The van der Waals surface area contributed by atoms with Crippen molar-refractivity contribution >= 4 is 11.3 Å². The molecule has 20 heavy (non-hydrogen) atoms. The molecule has 0 bridgehead atoms. The molecule has 1 aliphatic rings. The summed E-state index contributed by atoms with van der Waals surface area (Å²) in [6, 6.07) is -0.221. The Balaban J connectivity index is 2.07. The van der Waals surface area contributed by atoms with E-state index in [4.69, 9.17) is 5.84 Å². The second-order valence-corrected chi connectivity index (χ2v) is 6.46. The summed E-state index contributed by atoms with van der Waals surface area (Å²) in [6.07, 6.45) is 2.38. The lowest BCUT2D eigenvalue weighted by atomic mass is 9.77. The van der Waals surface area contributed by atoms with Gasteiger partial charge in [0, 0.05) is 11.1 Å². The maximum Gasteiger partial charge on any atom is 0.443 e. The molecule has 1 aliphatic carbocycles. The van der Waals surface area contributed by atoms with Crippen LogP contribution in [0.1, 0.15) is 55.0 Å². The zero-order chi connectivity index (χ0) is 14.8. The van der Waals surface area contributed by atoms with Crippen LogP contribution < -0.4 is 11.3 Å². The maximum atomic E-state index is 12.6. The summed E-state index contributed by atoms with van der Waals surface area (Å²) >= 11 is 0.694. The van der Waals surface area contributed by atoms with E-state index >= 15 is 0 Å². The number of halogens is 3. The first-order chi connectivity index (χ1) is 9.45. The molecule has 1 aromatic heterocycles. The molecule has 3 N–H and O–H groups in total. The van der Waals surface area contributed by atoms with Gasteiger partial charge in [-0.25, -0.2) is 4.98 Å². The summed E-state index contributed by atoms with van der Waals surface area (Å²) in [5.41, 5.74) is 2.69. The fourth-order valence-corrected chi connectivity index (χ4v) is 3.88. The average molecular weight is 307 g/mol. The molecular formula is C13H20F3N3S. The summed E-state index contributed by atoms with van der Waals surface area (Å²) < 4.78 is 37.8. The van der Waals surface area contributed by atoms with E-state index in [1.807, 2.05) is 0 Å². The van der Waals surface area contributed by atoms with Crippen LogP contribution >= 0.6 is 11.3 Å². The van der Waals surface area contributed by atoms with E-state index in [0.717, 1.165) is 31.6 Å². The topological polar surface area (TPSA) is 50.9 Å². The molecule has 1 saturated carbocycles. The predicted octanol–water partition coefficient (Wildman–Crippen LogP) is 3.88. The number of aromatic nitrogens is 1. The average Bonchev–Trinajstić information content (AvgIpc) is 2.90. The van der Waals surface area contributed by atoms with E-state index in [1.54, 1.807) is 0 Å². The van der Waals surface area contributed by atoms with E-state index in [1.165, 1.54) is 12.6 Å². The van der Waals surface area contributed by atoms with Crippen LogP contribution in [0.3, 0.4) is 0 Å². The van der Waals surface area contributed by atoms with E-state index in [9.17, 15) is 13.2 Å². The highest BCUT2D eigenvalue weighted by molar-refractivity contribution is 7.11. The lowest BCUT2D eigenvalue weighted by molar-refractivity contribution is -0.137. The first-order valence-corrected chi connectivity index (χ1v) is 7.76. The molecule has 1 aromatic rings. The third-order valence-corrected chi connectivity index (χ3v) is 5.32. The molecule has 0 aromatic carbocycles. The Morgan fingerprint density at radius 1 is 1.40 bits per heavy atom. The number of hydrogen-bond donors (Lipinski definition) is 2. The first-order valence-electron chi connectivity index (χ1n) is 6.94. The van der Waals surface area contributed by atoms with Crippen molar-refractivity contribution in [2.75, 3.05) is 0 Å². The second kappa shape index (κ2) is 6.41. The lowest BCUT2D eigenvalue weighted by Gasteiger charge is -2.32. The fraction of sp³-hybridized carbons (Fsp3) is 0.769. The Hall–Kier alpha value is -0.660. The minimum Gasteiger partial charge on any atom is -0.271 e. The molecule has 0 amide bonds. The fourth-order valence-electron chi connectivity index (χ4n) is 2.94. The van der Waals surface area contributed by atoms with E-state index in [0.29, 0.717) is 22.1 Å². The Bertz CT molecular complexity index is 425. The van der Waals surface area contributed by atoms with Crippen LogP contribution in [0.15, 0.2) is 6.20 Å². The van der Waals surface area contributed by atoms with Crippen LogP contribution in [0, 0.1) is 11.8 Å². The van der Waals surface area contributed by atoms with Crippen molar-refractivity contribution in [2.45, 2.75) is 51.2 Å². The Labute approximate surface area is 120 Å². The van der Waals surface area contributed by atoms with Crippen LogP contribution in [0.4, 0.5) is 13.2 Å². The molecule has 0 radical (unpaired) electrons. The van der Waals surface area contributed by atoms with Crippen molar-refractivity contribution in [3.05, 3.63) is 16.1 Å². The monoisotopic (exact) mass is 307 g/mol. The number of hydrazine groups is 1. The van der Waals surface area contributed by atoms with Gasteiger partial charge >= 0.3 is 6.18 Å². The van der Waals surface area contributed by atoms with Gasteiger partial charge < -0.3 is 0 Å². The molecule has 1 fully saturated rings. The van der Waals surface area contributed by atoms with Gasteiger partial charge in [0.05, 0.1) is 6.04 Å². The largest absolute Gasteiger partial charge is 0.443 e. The van der Waals surface area contributed by atoms with E-state index in [2.05, 4.69) is 17.3 Å². The highest BCUT2D eigenvalue weighted by atomic mass is 32.1. The smallest absolute Gasteiger partial charge is 0.271 e. The number of nitrogens with one attached hydrogen (secondary N) is 1. The van der Waals surface area contributed by atoms with Gasteiger partial charge in [-0.2, -0.15) is 13.2 Å². The first kappa shape index (κ1) is 15.7. The summed E-state index contributed by atoms with van der Waals surface area (Å²) in [7, 11) is 0. The Morgan fingerprint density at radius 3 is 2.50 bits per heavy atom. The molecule has 0 saturated heterocycles. The molecule has 1 heterocycles. The van der Waals surface area contributed by atoms with Crippen LogP contribution in [0.2, 0.25) is 0 Å². The van der Waals surface area contributed by atoms with Crippen molar-refractivity contribution in [3.8, 4) is 0 Å². The maximum absolute atomic E-state index is 12.6. The third-order valence-electron chi connectivity index (χ3n) is 4.19. The zero-order valence-electron chi connectivity index (χ0n) is 11.4. The number of nitrogens with two attached hydrogens (primary N) is 1. The van der Waals surface area contributed by atoms with Gasteiger partial charge in [-0.3, -0.25) is 11.3 Å². The van der Waals surface area contributed by atoms with E-state index in [-0.39, 0.29) is 6.04 Å².